The average Bonchev–Trinajstić information content (AvgIpc) is 3.05. The topological polar surface area (TPSA) is 56.2 Å². The van der Waals surface area contributed by atoms with Gasteiger partial charge in [0.25, 0.3) is 0 Å². The van der Waals surface area contributed by atoms with Crippen molar-refractivity contribution in [2.75, 3.05) is 0 Å². The summed E-state index contributed by atoms with van der Waals surface area (Å²) >= 11 is 0. The zero-order chi connectivity index (χ0) is 22.0. The molecule has 1 amide bonds. The maximum Gasteiger partial charge on any atom is 0.417 e. The lowest BCUT2D eigenvalue weighted by Crippen LogP contribution is -2.40. The summed E-state index contributed by atoms with van der Waals surface area (Å²) < 4.78 is 45.6. The minimum Gasteiger partial charge on any atom is -0.474 e. The molecular weight excluding hydrogens is 407 g/mol. The van der Waals surface area contributed by atoms with Crippen LogP contribution in [0.4, 0.5) is 13.2 Å². The molecule has 0 spiro atoms. The monoisotopic (exact) mass is 431 g/mol. The Morgan fingerprint density at radius 1 is 1.16 bits per heavy atom. The summed E-state index contributed by atoms with van der Waals surface area (Å²) in [6.07, 6.45) is 1.51. The predicted octanol–water partition coefficient (Wildman–Crippen LogP) is 4.64. The van der Waals surface area contributed by atoms with Gasteiger partial charge in [-0.3, -0.25) is 4.79 Å². The lowest BCUT2D eigenvalue weighted by molar-refractivity contribution is -0.137. The van der Waals surface area contributed by atoms with E-state index in [4.69, 9.17) is 4.74 Å². The van der Waals surface area contributed by atoms with Crippen molar-refractivity contribution in [2.24, 2.45) is 7.05 Å². The van der Waals surface area contributed by atoms with Gasteiger partial charge >= 0.3 is 6.18 Å². The fraction of sp³-hybridized carbons (Fsp3) is 0.391. The third kappa shape index (κ3) is 5.00. The number of pyridine rings is 1. The summed E-state index contributed by atoms with van der Waals surface area (Å²) in [6, 6.07) is 10.3. The molecule has 8 heteroatoms. The number of carbonyl (C=O) groups is 1. The van der Waals surface area contributed by atoms with Crippen LogP contribution in [0.25, 0.3) is 10.9 Å². The van der Waals surface area contributed by atoms with Crippen LogP contribution >= 0.6 is 0 Å². The zero-order valence-electron chi connectivity index (χ0n) is 17.2. The molecule has 1 aliphatic carbocycles. The summed E-state index contributed by atoms with van der Waals surface area (Å²) in [5, 5.41) is 4.19. The summed E-state index contributed by atoms with van der Waals surface area (Å²) in [7, 11) is 1.97. The van der Waals surface area contributed by atoms with Crippen molar-refractivity contribution in [1.29, 1.82) is 0 Å². The molecule has 1 N–H and O–H groups in total. The van der Waals surface area contributed by atoms with Gasteiger partial charge in [-0.25, -0.2) is 4.98 Å². The van der Waals surface area contributed by atoms with Crippen molar-refractivity contribution >= 4 is 16.8 Å². The van der Waals surface area contributed by atoms with Crippen LogP contribution in [0.2, 0.25) is 0 Å². The average molecular weight is 431 g/mol. The van der Waals surface area contributed by atoms with Gasteiger partial charge in [0.05, 0.1) is 12.0 Å². The highest BCUT2D eigenvalue weighted by Crippen LogP contribution is 2.30. The first-order valence-electron chi connectivity index (χ1n) is 10.3. The number of hydrogen-bond acceptors (Lipinski definition) is 3. The van der Waals surface area contributed by atoms with E-state index in [1.165, 1.54) is 6.07 Å². The molecule has 0 aliphatic heterocycles. The molecule has 3 aromatic rings. The largest absolute Gasteiger partial charge is 0.474 e. The van der Waals surface area contributed by atoms with E-state index in [1.807, 2.05) is 42.1 Å². The smallest absolute Gasteiger partial charge is 0.417 e. The SMILES string of the molecule is Cn1cc(CC(=O)NC2CCC(Oc3ccc(C(F)(F)F)cn3)CC2)c2ccccc21. The normalized spacial score (nSPS) is 19.4. The molecule has 1 saturated carbocycles. The van der Waals surface area contributed by atoms with Crippen molar-refractivity contribution in [3.63, 3.8) is 0 Å². The number of hydrogen-bond donors (Lipinski definition) is 1. The van der Waals surface area contributed by atoms with E-state index in [0.29, 0.717) is 19.3 Å². The molecule has 1 aromatic carbocycles. The fourth-order valence-electron chi connectivity index (χ4n) is 4.13. The standard InChI is InChI=1S/C23H24F3N3O2/c1-29-14-15(19-4-2-3-5-20(19)29)12-21(30)28-17-7-9-18(10-8-17)31-22-11-6-16(13-27-22)23(24,25)26/h2-6,11,13-14,17-18H,7-10,12H2,1H3,(H,28,30). The number of amides is 1. The van der Waals surface area contributed by atoms with Gasteiger partial charge in [0.15, 0.2) is 0 Å². The van der Waals surface area contributed by atoms with E-state index in [0.717, 1.165) is 41.6 Å². The van der Waals surface area contributed by atoms with Gasteiger partial charge in [0, 0.05) is 42.5 Å². The summed E-state index contributed by atoms with van der Waals surface area (Å²) in [4.78, 5) is 16.3. The predicted molar refractivity (Wildman–Crippen MR) is 111 cm³/mol. The number of nitrogens with one attached hydrogen (secondary N) is 1. The Balaban J connectivity index is 1.26. The second kappa shape index (κ2) is 8.61. The minimum absolute atomic E-state index is 0.00914. The molecule has 0 saturated heterocycles. The maximum absolute atomic E-state index is 12.6. The Morgan fingerprint density at radius 3 is 2.58 bits per heavy atom. The molecule has 0 bridgehead atoms. The molecule has 0 unspecified atom stereocenters. The van der Waals surface area contributed by atoms with Crippen molar-refractivity contribution in [1.82, 2.24) is 14.9 Å². The zero-order valence-corrected chi connectivity index (χ0v) is 17.2. The van der Waals surface area contributed by atoms with Gasteiger partial charge in [0.2, 0.25) is 11.8 Å². The lowest BCUT2D eigenvalue weighted by atomic mass is 9.92. The highest BCUT2D eigenvalue weighted by molar-refractivity contribution is 5.89. The van der Waals surface area contributed by atoms with Gasteiger partial charge in [-0.05, 0) is 43.4 Å². The van der Waals surface area contributed by atoms with Crippen molar-refractivity contribution in [2.45, 2.75) is 50.4 Å². The van der Waals surface area contributed by atoms with E-state index in [1.54, 1.807) is 0 Å². The number of aryl methyl sites for hydroxylation is 1. The van der Waals surface area contributed by atoms with E-state index in [-0.39, 0.29) is 23.9 Å². The third-order valence-electron chi connectivity index (χ3n) is 5.72. The van der Waals surface area contributed by atoms with Gasteiger partial charge in [-0.1, -0.05) is 18.2 Å². The highest BCUT2D eigenvalue weighted by atomic mass is 19.4. The second-order valence-electron chi connectivity index (χ2n) is 8.00. The van der Waals surface area contributed by atoms with Gasteiger partial charge in [-0.2, -0.15) is 13.2 Å². The number of carbonyl (C=O) groups excluding carboxylic acids is 1. The van der Waals surface area contributed by atoms with Crippen LogP contribution in [-0.2, 0) is 24.4 Å². The molecule has 2 aromatic heterocycles. The Labute approximate surface area is 178 Å². The van der Waals surface area contributed by atoms with E-state index >= 15 is 0 Å². The Kier molecular flexibility index (Phi) is 5.89. The molecule has 0 radical (unpaired) electrons. The Morgan fingerprint density at radius 2 is 1.90 bits per heavy atom. The number of fused-ring (bicyclic) bond motifs is 1. The molecule has 1 aliphatic rings. The molecule has 1 fully saturated rings. The first kappa shape index (κ1) is 21.2. The molecular formula is C23H24F3N3O2. The molecule has 0 atom stereocenters. The highest BCUT2D eigenvalue weighted by Gasteiger charge is 2.31. The Hall–Kier alpha value is -3.03. The molecule has 164 valence electrons. The number of aromatic nitrogens is 2. The van der Waals surface area contributed by atoms with Gasteiger partial charge in [0.1, 0.15) is 6.10 Å². The quantitative estimate of drug-likeness (QED) is 0.640. The van der Waals surface area contributed by atoms with Gasteiger partial charge < -0.3 is 14.6 Å². The third-order valence-corrected chi connectivity index (χ3v) is 5.72. The number of para-hydroxylation sites is 1. The van der Waals surface area contributed by atoms with Crippen LogP contribution in [-0.4, -0.2) is 27.6 Å². The van der Waals surface area contributed by atoms with Crippen LogP contribution < -0.4 is 10.1 Å². The summed E-state index contributed by atoms with van der Waals surface area (Å²) in [6.45, 7) is 0. The van der Waals surface area contributed by atoms with E-state index < -0.39 is 11.7 Å². The van der Waals surface area contributed by atoms with Crippen LogP contribution in [0, 0.1) is 0 Å². The summed E-state index contributed by atoms with van der Waals surface area (Å²) in [5.74, 6) is 0.182. The van der Waals surface area contributed by atoms with E-state index in [9.17, 15) is 18.0 Å². The number of ether oxygens (including phenoxy) is 1. The van der Waals surface area contributed by atoms with Crippen molar-refractivity contribution < 1.29 is 22.7 Å². The fourth-order valence-corrected chi connectivity index (χ4v) is 4.13. The number of alkyl halides is 3. The maximum atomic E-state index is 12.6. The van der Waals surface area contributed by atoms with Crippen LogP contribution in [0.3, 0.4) is 0 Å². The van der Waals surface area contributed by atoms with Crippen LogP contribution in [0.5, 0.6) is 5.88 Å². The number of nitrogens with zero attached hydrogens (tertiary/aromatic N) is 2. The van der Waals surface area contributed by atoms with Crippen LogP contribution in [0.1, 0.15) is 36.8 Å². The molecule has 2 heterocycles. The Bertz CT molecular complexity index is 1050. The first-order valence-corrected chi connectivity index (χ1v) is 10.3. The van der Waals surface area contributed by atoms with Crippen molar-refractivity contribution in [3.8, 4) is 5.88 Å². The minimum atomic E-state index is -4.41. The number of halogens is 3. The number of rotatable bonds is 5. The molecule has 5 nitrogen and oxygen atoms in total. The molecule has 31 heavy (non-hydrogen) atoms. The van der Waals surface area contributed by atoms with Gasteiger partial charge in [-0.15, -0.1) is 0 Å². The molecule has 4 rings (SSSR count). The van der Waals surface area contributed by atoms with Crippen LogP contribution in [0.15, 0.2) is 48.8 Å². The first-order chi connectivity index (χ1) is 14.8. The van der Waals surface area contributed by atoms with Crippen molar-refractivity contribution in [3.05, 3.63) is 59.9 Å². The van der Waals surface area contributed by atoms with E-state index in [2.05, 4.69) is 10.3 Å². The lowest BCUT2D eigenvalue weighted by Gasteiger charge is -2.29. The summed E-state index contributed by atoms with van der Waals surface area (Å²) in [5.41, 5.74) is 1.30. The second-order valence-corrected chi connectivity index (χ2v) is 8.00. The number of benzene rings is 1.